The molecular formula is C14H27N3O. The maximum absolute atomic E-state index is 12.2. The van der Waals surface area contributed by atoms with E-state index in [1.165, 1.54) is 19.3 Å². The molecule has 104 valence electrons. The monoisotopic (exact) mass is 253 g/mol. The molecule has 0 aromatic heterocycles. The molecule has 0 spiro atoms. The molecule has 0 bridgehead atoms. The second kappa shape index (κ2) is 5.57. The lowest BCUT2D eigenvalue weighted by atomic mass is 9.76. The van der Waals surface area contributed by atoms with Crippen molar-refractivity contribution in [1.82, 2.24) is 10.2 Å². The Morgan fingerprint density at radius 2 is 2.17 bits per heavy atom. The molecule has 2 saturated carbocycles. The molecule has 2 aliphatic rings. The topological polar surface area (TPSA) is 58.4 Å². The summed E-state index contributed by atoms with van der Waals surface area (Å²) in [6.07, 6.45) is 6.56. The van der Waals surface area contributed by atoms with Gasteiger partial charge in [-0.25, -0.2) is 0 Å². The average molecular weight is 253 g/mol. The molecule has 0 aromatic carbocycles. The van der Waals surface area contributed by atoms with Crippen LogP contribution in [-0.2, 0) is 4.79 Å². The van der Waals surface area contributed by atoms with Gasteiger partial charge in [0.25, 0.3) is 0 Å². The Morgan fingerprint density at radius 3 is 2.78 bits per heavy atom. The zero-order valence-electron chi connectivity index (χ0n) is 11.7. The van der Waals surface area contributed by atoms with Gasteiger partial charge in [-0.15, -0.1) is 0 Å². The summed E-state index contributed by atoms with van der Waals surface area (Å²) in [5.41, 5.74) is 5.64. The number of rotatable bonds is 5. The van der Waals surface area contributed by atoms with Crippen LogP contribution in [-0.4, -0.2) is 42.5 Å². The fraction of sp³-hybridized carbons (Fsp3) is 0.929. The highest BCUT2D eigenvalue weighted by Gasteiger charge is 2.37. The molecule has 2 rings (SSSR count). The van der Waals surface area contributed by atoms with E-state index in [-0.39, 0.29) is 5.91 Å². The lowest BCUT2D eigenvalue weighted by Crippen LogP contribution is -2.56. The van der Waals surface area contributed by atoms with Crippen LogP contribution in [0.1, 0.15) is 45.4 Å². The molecule has 4 heteroatoms. The van der Waals surface area contributed by atoms with E-state index in [1.807, 2.05) is 0 Å². The number of hydrogen-bond donors (Lipinski definition) is 2. The van der Waals surface area contributed by atoms with Crippen molar-refractivity contribution in [2.75, 3.05) is 20.1 Å². The molecule has 2 atom stereocenters. The van der Waals surface area contributed by atoms with Crippen LogP contribution in [0.25, 0.3) is 0 Å². The summed E-state index contributed by atoms with van der Waals surface area (Å²) in [6.45, 7) is 3.84. The van der Waals surface area contributed by atoms with Gasteiger partial charge in [0, 0.05) is 19.1 Å². The number of carbonyl (C=O) groups excluding carboxylic acids is 1. The number of nitrogens with one attached hydrogen (secondary N) is 1. The van der Waals surface area contributed by atoms with Crippen LogP contribution in [0.15, 0.2) is 0 Å². The summed E-state index contributed by atoms with van der Waals surface area (Å²) in [6, 6.07) is 0.753. The molecule has 4 nitrogen and oxygen atoms in total. The molecule has 0 heterocycles. The number of carbonyl (C=O) groups is 1. The summed E-state index contributed by atoms with van der Waals surface area (Å²) in [5, 5.41) is 3.02. The van der Waals surface area contributed by atoms with Crippen molar-refractivity contribution >= 4 is 5.91 Å². The highest BCUT2D eigenvalue weighted by Crippen LogP contribution is 2.30. The number of nitrogens with two attached hydrogens (primary N) is 1. The van der Waals surface area contributed by atoms with Gasteiger partial charge in [0.2, 0.25) is 5.91 Å². The molecule has 1 amide bonds. The number of nitrogens with zero attached hydrogens (tertiary/aromatic N) is 1. The van der Waals surface area contributed by atoms with E-state index < -0.39 is 5.54 Å². The molecule has 2 unspecified atom stereocenters. The van der Waals surface area contributed by atoms with Gasteiger partial charge in [0.1, 0.15) is 0 Å². The third-order valence-corrected chi connectivity index (χ3v) is 4.41. The van der Waals surface area contributed by atoms with E-state index in [0.717, 1.165) is 38.4 Å². The van der Waals surface area contributed by atoms with Crippen molar-refractivity contribution in [2.24, 2.45) is 11.7 Å². The van der Waals surface area contributed by atoms with Gasteiger partial charge in [0.15, 0.2) is 0 Å². The fourth-order valence-corrected chi connectivity index (χ4v) is 3.02. The summed E-state index contributed by atoms with van der Waals surface area (Å²) in [4.78, 5) is 14.5. The standard InChI is InChI=1S/C14H27N3O/c1-11-4-3-7-14(15,10-11)13(18)16-8-9-17(2)12-5-6-12/h11-12H,3-10,15H2,1-2H3,(H,16,18). The van der Waals surface area contributed by atoms with E-state index in [1.54, 1.807) is 0 Å². The first-order valence-corrected chi connectivity index (χ1v) is 7.29. The molecular weight excluding hydrogens is 226 g/mol. The molecule has 2 aliphatic carbocycles. The summed E-state index contributed by atoms with van der Waals surface area (Å²) >= 11 is 0. The highest BCUT2D eigenvalue weighted by molar-refractivity contribution is 5.86. The second-order valence-corrected chi connectivity index (χ2v) is 6.33. The lowest BCUT2D eigenvalue weighted by Gasteiger charge is -2.35. The Kier molecular flexibility index (Phi) is 4.28. The average Bonchev–Trinajstić information content (AvgIpc) is 3.12. The van der Waals surface area contributed by atoms with E-state index in [9.17, 15) is 4.79 Å². The first kappa shape index (κ1) is 13.8. The van der Waals surface area contributed by atoms with E-state index in [0.29, 0.717) is 5.92 Å². The molecule has 2 fully saturated rings. The van der Waals surface area contributed by atoms with Gasteiger partial charge in [-0.05, 0) is 38.6 Å². The highest BCUT2D eigenvalue weighted by atomic mass is 16.2. The van der Waals surface area contributed by atoms with Gasteiger partial charge in [-0.1, -0.05) is 19.8 Å². The van der Waals surface area contributed by atoms with Gasteiger partial charge in [-0.3, -0.25) is 4.79 Å². The zero-order chi connectivity index (χ0) is 13.2. The predicted octanol–water partition coefficient (Wildman–Crippen LogP) is 1.10. The molecule has 0 saturated heterocycles. The summed E-state index contributed by atoms with van der Waals surface area (Å²) < 4.78 is 0. The van der Waals surface area contributed by atoms with Crippen molar-refractivity contribution < 1.29 is 4.79 Å². The zero-order valence-corrected chi connectivity index (χ0v) is 11.7. The van der Waals surface area contributed by atoms with Crippen molar-refractivity contribution in [3.05, 3.63) is 0 Å². The number of amides is 1. The first-order chi connectivity index (χ1) is 8.51. The Balaban J connectivity index is 1.72. The van der Waals surface area contributed by atoms with Gasteiger partial charge < -0.3 is 16.0 Å². The van der Waals surface area contributed by atoms with Crippen LogP contribution in [0.2, 0.25) is 0 Å². The predicted molar refractivity (Wildman–Crippen MR) is 73.2 cm³/mol. The van der Waals surface area contributed by atoms with Crippen LogP contribution >= 0.6 is 0 Å². The van der Waals surface area contributed by atoms with Crippen molar-refractivity contribution in [1.29, 1.82) is 0 Å². The number of hydrogen-bond acceptors (Lipinski definition) is 3. The summed E-state index contributed by atoms with van der Waals surface area (Å²) in [7, 11) is 2.13. The largest absolute Gasteiger partial charge is 0.353 e. The van der Waals surface area contributed by atoms with E-state index in [2.05, 4.69) is 24.2 Å². The van der Waals surface area contributed by atoms with E-state index >= 15 is 0 Å². The van der Waals surface area contributed by atoms with Crippen LogP contribution in [0, 0.1) is 5.92 Å². The minimum atomic E-state index is -0.615. The molecule has 0 radical (unpaired) electrons. The van der Waals surface area contributed by atoms with Gasteiger partial charge in [-0.2, -0.15) is 0 Å². The second-order valence-electron chi connectivity index (χ2n) is 6.33. The molecule has 0 aromatic rings. The quantitative estimate of drug-likeness (QED) is 0.771. The minimum absolute atomic E-state index is 0.0539. The van der Waals surface area contributed by atoms with Crippen molar-refractivity contribution in [3.8, 4) is 0 Å². The van der Waals surface area contributed by atoms with Gasteiger partial charge in [0.05, 0.1) is 5.54 Å². The first-order valence-electron chi connectivity index (χ1n) is 7.29. The minimum Gasteiger partial charge on any atom is -0.353 e. The third kappa shape index (κ3) is 3.45. The van der Waals surface area contributed by atoms with Gasteiger partial charge >= 0.3 is 0 Å². The Labute approximate surface area is 110 Å². The SMILES string of the molecule is CC1CCCC(N)(C(=O)NCCN(C)C2CC2)C1. The number of likely N-dealkylation sites (N-methyl/N-ethyl adjacent to an activating group) is 1. The van der Waals surface area contributed by atoms with Crippen LogP contribution in [0.3, 0.4) is 0 Å². The fourth-order valence-electron chi connectivity index (χ4n) is 3.02. The van der Waals surface area contributed by atoms with Crippen molar-refractivity contribution in [3.63, 3.8) is 0 Å². The third-order valence-electron chi connectivity index (χ3n) is 4.41. The van der Waals surface area contributed by atoms with E-state index in [4.69, 9.17) is 5.73 Å². The maximum Gasteiger partial charge on any atom is 0.240 e. The van der Waals surface area contributed by atoms with Crippen LogP contribution in [0.4, 0.5) is 0 Å². The smallest absolute Gasteiger partial charge is 0.240 e. The van der Waals surface area contributed by atoms with Crippen LogP contribution < -0.4 is 11.1 Å². The maximum atomic E-state index is 12.2. The Hall–Kier alpha value is -0.610. The molecule has 3 N–H and O–H groups in total. The summed E-state index contributed by atoms with van der Waals surface area (Å²) in [5.74, 6) is 0.627. The van der Waals surface area contributed by atoms with Crippen molar-refractivity contribution in [2.45, 2.75) is 57.0 Å². The Morgan fingerprint density at radius 1 is 1.44 bits per heavy atom. The normalized spacial score (nSPS) is 32.6. The molecule has 0 aliphatic heterocycles. The molecule has 18 heavy (non-hydrogen) atoms. The van der Waals surface area contributed by atoms with Crippen LogP contribution in [0.5, 0.6) is 0 Å². The Bertz CT molecular complexity index is 303. The lowest BCUT2D eigenvalue weighted by molar-refractivity contribution is -0.128.